The number of hydrogen-bond donors (Lipinski definition) is 0. The van der Waals surface area contributed by atoms with Gasteiger partial charge in [0.2, 0.25) is 10.0 Å². The second-order valence-electron chi connectivity index (χ2n) is 5.48. The topological polar surface area (TPSA) is 97.6 Å². The molecule has 1 aromatic rings. The minimum Gasteiger partial charge on any atom is -0.299 e. The Balaban J connectivity index is 2.18. The molecule has 23 heavy (non-hydrogen) atoms. The molecule has 1 aliphatic rings. The van der Waals surface area contributed by atoms with Crippen LogP contribution in [0, 0.1) is 16.0 Å². The quantitative estimate of drug-likeness (QED) is 0.431. The van der Waals surface area contributed by atoms with Crippen LogP contribution in [0.15, 0.2) is 41.8 Å². The van der Waals surface area contributed by atoms with Crippen LogP contribution in [-0.4, -0.2) is 36.5 Å². The molecule has 0 aromatic heterocycles. The fraction of sp³-hybridized carbons (Fsp3) is 0.400. The van der Waals surface area contributed by atoms with Crippen LogP contribution in [-0.2, 0) is 14.8 Å². The molecule has 0 spiro atoms. The van der Waals surface area contributed by atoms with Crippen LogP contribution in [0.2, 0.25) is 0 Å². The first-order valence-electron chi connectivity index (χ1n) is 7.22. The minimum absolute atomic E-state index is 0.0231. The number of carbonyl (C=O) groups excluding carboxylic acids is 1. The first-order valence-corrected chi connectivity index (χ1v) is 8.66. The number of allylic oxidation sites excluding steroid dienone is 1. The molecule has 0 aliphatic carbocycles. The standard InChI is InChI=1S/C15H18N2O5S/c1-2-5-13(18)10-12-8-9-16(11-12)23(21,22)15-7-4-3-6-14(15)17(19)20/h2-4,6-7,12H,1,5,8-11H2. The molecule has 0 saturated carbocycles. The van der Waals surface area contributed by atoms with E-state index in [0.29, 0.717) is 12.8 Å². The summed E-state index contributed by atoms with van der Waals surface area (Å²) in [7, 11) is -3.94. The van der Waals surface area contributed by atoms with Crippen molar-refractivity contribution < 1.29 is 18.1 Å². The van der Waals surface area contributed by atoms with E-state index in [1.54, 1.807) is 0 Å². The molecule has 2 rings (SSSR count). The Hall–Kier alpha value is -2.06. The summed E-state index contributed by atoms with van der Waals surface area (Å²) in [4.78, 5) is 21.7. The van der Waals surface area contributed by atoms with Crippen molar-refractivity contribution in [2.24, 2.45) is 5.92 Å². The van der Waals surface area contributed by atoms with Crippen LogP contribution >= 0.6 is 0 Å². The highest BCUT2D eigenvalue weighted by Gasteiger charge is 2.36. The van der Waals surface area contributed by atoms with Gasteiger partial charge in [-0.05, 0) is 18.4 Å². The van der Waals surface area contributed by atoms with E-state index >= 15 is 0 Å². The lowest BCUT2D eigenvalue weighted by molar-refractivity contribution is -0.387. The Kier molecular flexibility index (Phi) is 5.27. The number of carbonyl (C=O) groups is 1. The molecule has 0 bridgehead atoms. The lowest BCUT2D eigenvalue weighted by Gasteiger charge is -2.16. The van der Waals surface area contributed by atoms with Gasteiger partial charge in [-0.25, -0.2) is 8.42 Å². The maximum atomic E-state index is 12.6. The highest BCUT2D eigenvalue weighted by atomic mass is 32.2. The third-order valence-corrected chi connectivity index (χ3v) is 5.73. The largest absolute Gasteiger partial charge is 0.299 e. The summed E-state index contributed by atoms with van der Waals surface area (Å²) in [6.45, 7) is 3.97. The fourth-order valence-corrected chi connectivity index (χ4v) is 4.40. The number of hydrogen-bond acceptors (Lipinski definition) is 5. The minimum atomic E-state index is -3.94. The van der Waals surface area contributed by atoms with E-state index in [4.69, 9.17) is 0 Å². The zero-order chi connectivity index (χ0) is 17.0. The molecule has 1 aliphatic heterocycles. The maximum Gasteiger partial charge on any atom is 0.289 e. The molecule has 0 radical (unpaired) electrons. The molecule has 1 atom stereocenters. The number of ketones is 1. The lowest BCUT2D eigenvalue weighted by Crippen LogP contribution is -2.29. The highest BCUT2D eigenvalue weighted by Crippen LogP contribution is 2.31. The Labute approximate surface area is 134 Å². The summed E-state index contributed by atoms with van der Waals surface area (Å²) in [6, 6.07) is 5.30. The van der Waals surface area contributed by atoms with Gasteiger partial charge in [0.1, 0.15) is 5.78 Å². The third kappa shape index (κ3) is 3.83. The van der Waals surface area contributed by atoms with Gasteiger partial charge in [0, 0.05) is 32.0 Å². The lowest BCUT2D eigenvalue weighted by atomic mass is 10.0. The molecule has 1 saturated heterocycles. The van der Waals surface area contributed by atoms with Crippen molar-refractivity contribution in [2.45, 2.75) is 24.2 Å². The van der Waals surface area contributed by atoms with E-state index in [1.807, 2.05) is 0 Å². The van der Waals surface area contributed by atoms with Gasteiger partial charge in [-0.15, -0.1) is 6.58 Å². The second kappa shape index (κ2) is 7.01. The van der Waals surface area contributed by atoms with Crippen molar-refractivity contribution in [1.29, 1.82) is 0 Å². The van der Waals surface area contributed by atoms with Gasteiger partial charge < -0.3 is 0 Å². The SMILES string of the molecule is C=CCC(=O)CC1CCN(S(=O)(=O)c2ccccc2[N+](=O)[O-])C1. The molecule has 124 valence electrons. The molecule has 1 aromatic carbocycles. The number of Topliss-reactive ketones (excluding diaryl/α,β-unsaturated/α-hetero) is 1. The normalized spacial score (nSPS) is 18.7. The number of sulfonamides is 1. The van der Waals surface area contributed by atoms with E-state index in [9.17, 15) is 23.3 Å². The Morgan fingerprint density at radius 2 is 2.13 bits per heavy atom. The second-order valence-corrected chi connectivity index (χ2v) is 7.38. The van der Waals surface area contributed by atoms with E-state index in [2.05, 4.69) is 6.58 Å². The fourth-order valence-electron chi connectivity index (χ4n) is 2.71. The highest BCUT2D eigenvalue weighted by molar-refractivity contribution is 7.89. The number of nitro groups is 1. The van der Waals surface area contributed by atoms with Gasteiger partial charge in [0.15, 0.2) is 4.90 Å². The predicted molar refractivity (Wildman–Crippen MR) is 84.4 cm³/mol. The average molecular weight is 338 g/mol. The molecule has 1 heterocycles. The zero-order valence-corrected chi connectivity index (χ0v) is 13.4. The molecular weight excluding hydrogens is 320 g/mol. The molecule has 1 unspecified atom stereocenters. The smallest absolute Gasteiger partial charge is 0.289 e. The average Bonchev–Trinajstić information content (AvgIpc) is 2.96. The molecule has 8 heteroatoms. The number of para-hydroxylation sites is 1. The van der Waals surface area contributed by atoms with E-state index < -0.39 is 20.6 Å². The summed E-state index contributed by atoms with van der Waals surface area (Å²) in [5.41, 5.74) is -0.432. The first kappa shape index (κ1) is 17.3. The molecule has 0 N–H and O–H groups in total. The summed E-state index contributed by atoms with van der Waals surface area (Å²) in [5, 5.41) is 11.0. The summed E-state index contributed by atoms with van der Waals surface area (Å²) in [6.07, 6.45) is 2.67. The van der Waals surface area contributed by atoms with Crippen molar-refractivity contribution in [3.05, 3.63) is 47.0 Å². The number of benzene rings is 1. The van der Waals surface area contributed by atoms with Gasteiger partial charge in [-0.1, -0.05) is 18.2 Å². The van der Waals surface area contributed by atoms with Crippen LogP contribution in [0.25, 0.3) is 0 Å². The summed E-state index contributed by atoms with van der Waals surface area (Å²) in [5.74, 6) is -0.0325. The van der Waals surface area contributed by atoms with E-state index in [1.165, 1.54) is 34.6 Å². The van der Waals surface area contributed by atoms with Gasteiger partial charge in [0.05, 0.1) is 4.92 Å². The van der Waals surface area contributed by atoms with E-state index in [-0.39, 0.29) is 36.1 Å². The van der Waals surface area contributed by atoms with Crippen LogP contribution < -0.4 is 0 Å². The summed E-state index contributed by atoms with van der Waals surface area (Å²) >= 11 is 0. The van der Waals surface area contributed by atoms with Crippen LogP contribution in [0.5, 0.6) is 0 Å². The Morgan fingerprint density at radius 1 is 1.43 bits per heavy atom. The van der Waals surface area contributed by atoms with Crippen molar-refractivity contribution in [3.63, 3.8) is 0 Å². The van der Waals surface area contributed by atoms with Gasteiger partial charge in [-0.2, -0.15) is 4.31 Å². The number of rotatable bonds is 7. The van der Waals surface area contributed by atoms with Crippen LogP contribution in [0.4, 0.5) is 5.69 Å². The first-order chi connectivity index (χ1) is 10.9. The third-order valence-electron chi connectivity index (χ3n) is 3.82. The monoisotopic (exact) mass is 338 g/mol. The Bertz CT molecular complexity index is 729. The van der Waals surface area contributed by atoms with Gasteiger partial charge in [0.25, 0.3) is 5.69 Å². The van der Waals surface area contributed by atoms with Crippen molar-refractivity contribution in [1.82, 2.24) is 4.31 Å². The molecule has 1 fully saturated rings. The van der Waals surface area contributed by atoms with Crippen LogP contribution in [0.3, 0.4) is 0 Å². The van der Waals surface area contributed by atoms with Crippen molar-refractivity contribution in [3.8, 4) is 0 Å². The molecule has 7 nitrogen and oxygen atoms in total. The molecule has 0 amide bonds. The van der Waals surface area contributed by atoms with Crippen molar-refractivity contribution in [2.75, 3.05) is 13.1 Å². The summed E-state index contributed by atoms with van der Waals surface area (Å²) < 4.78 is 26.5. The number of nitro benzene ring substituents is 1. The van der Waals surface area contributed by atoms with Gasteiger partial charge >= 0.3 is 0 Å². The Morgan fingerprint density at radius 3 is 2.78 bits per heavy atom. The maximum absolute atomic E-state index is 12.6. The number of nitrogens with zero attached hydrogens (tertiary/aromatic N) is 2. The van der Waals surface area contributed by atoms with Gasteiger partial charge in [-0.3, -0.25) is 14.9 Å². The van der Waals surface area contributed by atoms with Crippen LogP contribution in [0.1, 0.15) is 19.3 Å². The predicted octanol–water partition coefficient (Wildman–Crippen LogP) is 2.14. The van der Waals surface area contributed by atoms with E-state index in [0.717, 1.165) is 0 Å². The zero-order valence-electron chi connectivity index (χ0n) is 12.6. The molecular formula is C15H18N2O5S. The van der Waals surface area contributed by atoms with Crippen molar-refractivity contribution >= 4 is 21.5 Å².